The zero-order valence-electron chi connectivity index (χ0n) is 13.1. The molecule has 0 aliphatic carbocycles. The molecule has 0 aliphatic heterocycles. The number of amides is 1. The molecule has 3 rings (SSSR count). The minimum absolute atomic E-state index is 0.00574. The molecule has 1 aromatic carbocycles. The molecule has 3 aromatic rings. The number of hydrogen-bond donors (Lipinski definition) is 4. The van der Waals surface area contributed by atoms with E-state index in [1.807, 2.05) is 36.2 Å². The van der Waals surface area contributed by atoms with Crippen molar-refractivity contribution in [3.8, 4) is 0 Å². The van der Waals surface area contributed by atoms with E-state index in [1.165, 1.54) is 0 Å². The molecule has 0 atom stereocenters. The predicted molar refractivity (Wildman–Crippen MR) is 95.0 cm³/mol. The Morgan fingerprint density at radius 3 is 2.92 bits per heavy atom. The van der Waals surface area contributed by atoms with Crippen molar-refractivity contribution in [3.05, 3.63) is 56.4 Å². The number of nitrogens with zero attached hydrogens (tertiary/aromatic N) is 2. The number of H-pyrrole nitrogens is 3. The number of benzene rings is 1. The van der Waals surface area contributed by atoms with E-state index in [9.17, 15) is 14.4 Å². The SMILES string of the molecule is Cc1[nH]c2ccccc2c1/C=N/NC(=O)CSc1n[nH]c(=O)[nH]c1=O. The predicted octanol–water partition coefficient (Wildman–Crippen LogP) is 0.490. The lowest BCUT2D eigenvalue weighted by Crippen LogP contribution is -2.26. The van der Waals surface area contributed by atoms with E-state index in [4.69, 9.17) is 0 Å². The van der Waals surface area contributed by atoms with Gasteiger partial charge in [-0.25, -0.2) is 15.3 Å². The lowest BCUT2D eigenvalue weighted by Gasteiger charge is -1.99. The molecule has 0 spiro atoms. The first-order chi connectivity index (χ1) is 12.0. The number of para-hydroxylation sites is 1. The van der Waals surface area contributed by atoms with Gasteiger partial charge in [-0.1, -0.05) is 30.0 Å². The third-order valence-corrected chi connectivity index (χ3v) is 4.30. The molecule has 1 amide bonds. The molecule has 2 heterocycles. The van der Waals surface area contributed by atoms with Crippen LogP contribution in [0.4, 0.5) is 0 Å². The third kappa shape index (κ3) is 3.86. The van der Waals surface area contributed by atoms with Crippen molar-refractivity contribution < 1.29 is 4.79 Å². The molecule has 9 nitrogen and oxygen atoms in total. The van der Waals surface area contributed by atoms with E-state index in [0.29, 0.717) is 0 Å². The summed E-state index contributed by atoms with van der Waals surface area (Å²) in [6, 6.07) is 7.79. The normalized spacial score (nSPS) is 11.2. The van der Waals surface area contributed by atoms with Gasteiger partial charge in [0.1, 0.15) is 0 Å². The van der Waals surface area contributed by atoms with Gasteiger partial charge >= 0.3 is 5.69 Å². The number of thioether (sulfide) groups is 1. The Hall–Kier alpha value is -3.14. The topological polar surface area (TPSA) is 136 Å². The second-order valence-corrected chi connectivity index (χ2v) is 6.07. The van der Waals surface area contributed by atoms with Gasteiger partial charge in [0.25, 0.3) is 5.56 Å². The summed E-state index contributed by atoms with van der Waals surface area (Å²) in [5.41, 5.74) is 3.89. The van der Waals surface area contributed by atoms with Gasteiger partial charge in [0.15, 0.2) is 5.03 Å². The van der Waals surface area contributed by atoms with Gasteiger partial charge in [-0.3, -0.25) is 14.6 Å². The highest BCUT2D eigenvalue weighted by Gasteiger charge is 2.08. The van der Waals surface area contributed by atoms with Crippen LogP contribution in [0.15, 0.2) is 44.0 Å². The van der Waals surface area contributed by atoms with Crippen molar-refractivity contribution in [2.45, 2.75) is 11.9 Å². The molecule has 0 unspecified atom stereocenters. The number of carbonyl (C=O) groups excluding carboxylic acids is 1. The third-order valence-electron chi connectivity index (χ3n) is 3.35. The zero-order valence-corrected chi connectivity index (χ0v) is 13.9. The molecule has 0 radical (unpaired) electrons. The van der Waals surface area contributed by atoms with Crippen molar-refractivity contribution in [3.63, 3.8) is 0 Å². The van der Waals surface area contributed by atoms with Crippen molar-refractivity contribution in [1.82, 2.24) is 25.6 Å². The maximum Gasteiger partial charge on any atom is 0.342 e. The van der Waals surface area contributed by atoms with Gasteiger partial charge < -0.3 is 4.98 Å². The minimum Gasteiger partial charge on any atom is -0.358 e. The standard InChI is InChI=1S/C15H14N6O3S/c1-8-10(9-4-2-3-5-11(9)17-8)6-16-19-12(22)7-25-14-13(23)18-15(24)21-20-14/h2-6,17H,7H2,1H3,(H,19,22)(H2,18,21,23,24)/b16-6+. The summed E-state index contributed by atoms with van der Waals surface area (Å²) in [5, 5.41) is 10.6. The summed E-state index contributed by atoms with van der Waals surface area (Å²) < 4.78 is 0. The highest BCUT2D eigenvalue weighted by atomic mass is 32.2. The number of aryl methyl sites for hydroxylation is 1. The Labute approximate surface area is 144 Å². The number of fused-ring (bicyclic) bond motifs is 1. The molecule has 0 bridgehead atoms. The van der Waals surface area contributed by atoms with E-state index >= 15 is 0 Å². The van der Waals surface area contributed by atoms with Crippen molar-refractivity contribution >= 4 is 34.8 Å². The Kier molecular flexibility index (Phi) is 4.80. The van der Waals surface area contributed by atoms with E-state index < -0.39 is 17.2 Å². The highest BCUT2D eigenvalue weighted by Crippen LogP contribution is 2.19. The van der Waals surface area contributed by atoms with Crippen LogP contribution in [0, 0.1) is 6.92 Å². The van der Waals surface area contributed by atoms with Crippen LogP contribution in [0.2, 0.25) is 0 Å². The summed E-state index contributed by atoms with van der Waals surface area (Å²) in [4.78, 5) is 39.4. The van der Waals surface area contributed by atoms with Gasteiger partial charge in [-0.05, 0) is 13.0 Å². The van der Waals surface area contributed by atoms with Crippen LogP contribution in [-0.4, -0.2) is 38.0 Å². The quantitative estimate of drug-likeness (QED) is 0.299. The van der Waals surface area contributed by atoms with Gasteiger partial charge in [-0.15, -0.1) is 0 Å². The average molecular weight is 358 g/mol. The number of rotatable bonds is 5. The molecule has 128 valence electrons. The van der Waals surface area contributed by atoms with Crippen LogP contribution >= 0.6 is 11.8 Å². The fraction of sp³-hybridized carbons (Fsp3) is 0.133. The van der Waals surface area contributed by atoms with Crippen LogP contribution < -0.4 is 16.7 Å². The highest BCUT2D eigenvalue weighted by molar-refractivity contribution is 7.99. The lowest BCUT2D eigenvalue weighted by atomic mass is 10.1. The first kappa shape index (κ1) is 16.7. The molecule has 10 heteroatoms. The maximum atomic E-state index is 11.8. The van der Waals surface area contributed by atoms with Crippen LogP contribution in [0.5, 0.6) is 0 Å². The summed E-state index contributed by atoms with van der Waals surface area (Å²) >= 11 is 0.900. The van der Waals surface area contributed by atoms with E-state index in [2.05, 4.69) is 25.7 Å². The minimum atomic E-state index is -0.697. The number of aromatic nitrogens is 4. The summed E-state index contributed by atoms with van der Waals surface area (Å²) in [5.74, 6) is -0.460. The first-order valence-electron chi connectivity index (χ1n) is 7.25. The van der Waals surface area contributed by atoms with Crippen LogP contribution in [-0.2, 0) is 4.79 Å². The van der Waals surface area contributed by atoms with Crippen molar-refractivity contribution in [1.29, 1.82) is 0 Å². The Bertz CT molecular complexity index is 1060. The lowest BCUT2D eigenvalue weighted by molar-refractivity contribution is -0.118. The number of aromatic amines is 3. The molecule has 2 aromatic heterocycles. The maximum absolute atomic E-state index is 11.8. The summed E-state index contributed by atoms with van der Waals surface area (Å²) in [6.45, 7) is 1.92. The van der Waals surface area contributed by atoms with Gasteiger partial charge in [0, 0.05) is 22.2 Å². The molecule has 25 heavy (non-hydrogen) atoms. The van der Waals surface area contributed by atoms with E-state index in [1.54, 1.807) is 6.21 Å². The molecular weight excluding hydrogens is 344 g/mol. The number of hydrazone groups is 1. The van der Waals surface area contributed by atoms with Gasteiger partial charge in [0.05, 0.1) is 12.0 Å². The molecule has 0 saturated carbocycles. The fourth-order valence-corrected chi connectivity index (χ4v) is 2.86. The number of carbonyl (C=O) groups is 1. The smallest absolute Gasteiger partial charge is 0.342 e. The van der Waals surface area contributed by atoms with E-state index in [-0.39, 0.29) is 10.8 Å². The van der Waals surface area contributed by atoms with Crippen LogP contribution in [0.3, 0.4) is 0 Å². The number of nitrogens with one attached hydrogen (secondary N) is 4. The largest absolute Gasteiger partial charge is 0.358 e. The molecule has 0 fully saturated rings. The van der Waals surface area contributed by atoms with Crippen molar-refractivity contribution in [2.24, 2.45) is 5.10 Å². The second kappa shape index (κ2) is 7.18. The Morgan fingerprint density at radius 1 is 1.32 bits per heavy atom. The Morgan fingerprint density at radius 2 is 2.12 bits per heavy atom. The molecule has 4 N–H and O–H groups in total. The van der Waals surface area contributed by atoms with E-state index in [0.717, 1.165) is 33.9 Å². The molecule has 0 saturated heterocycles. The van der Waals surface area contributed by atoms with Gasteiger partial charge in [0.2, 0.25) is 5.91 Å². The second-order valence-electron chi connectivity index (χ2n) is 5.10. The van der Waals surface area contributed by atoms with Crippen molar-refractivity contribution in [2.75, 3.05) is 5.75 Å². The van der Waals surface area contributed by atoms with Crippen LogP contribution in [0.25, 0.3) is 10.9 Å². The summed E-state index contributed by atoms with van der Waals surface area (Å²) in [7, 11) is 0. The van der Waals surface area contributed by atoms with Crippen LogP contribution in [0.1, 0.15) is 11.3 Å². The number of hydrogen-bond acceptors (Lipinski definition) is 6. The monoisotopic (exact) mass is 358 g/mol. The fourth-order valence-electron chi connectivity index (χ4n) is 2.23. The zero-order chi connectivity index (χ0) is 17.8. The molecule has 0 aliphatic rings. The molecular formula is C15H14N6O3S. The van der Waals surface area contributed by atoms with Gasteiger partial charge in [-0.2, -0.15) is 10.2 Å². The Balaban J connectivity index is 1.62. The average Bonchev–Trinajstić information content (AvgIpc) is 2.90. The summed E-state index contributed by atoms with van der Waals surface area (Å²) in [6.07, 6.45) is 1.57. The first-order valence-corrected chi connectivity index (χ1v) is 8.24.